The van der Waals surface area contributed by atoms with E-state index in [2.05, 4.69) is 31.7 Å². The lowest BCUT2D eigenvalue weighted by Gasteiger charge is -2.13. The number of nitrogens with one attached hydrogen (secondary N) is 2. The van der Waals surface area contributed by atoms with Gasteiger partial charge in [-0.3, -0.25) is 9.78 Å². The van der Waals surface area contributed by atoms with Crippen LogP contribution in [-0.2, 0) is 11.3 Å². The van der Waals surface area contributed by atoms with Crippen molar-refractivity contribution in [3.63, 3.8) is 0 Å². The third-order valence-corrected chi connectivity index (χ3v) is 4.92. The Bertz CT molecular complexity index is 1310. The number of aromatic nitrogens is 2. The summed E-state index contributed by atoms with van der Waals surface area (Å²) in [5.41, 5.74) is 3.00. The van der Waals surface area contributed by atoms with Gasteiger partial charge in [-0.15, -0.1) is 0 Å². The van der Waals surface area contributed by atoms with Crippen LogP contribution in [0.1, 0.15) is 30.7 Å². The summed E-state index contributed by atoms with van der Waals surface area (Å²) in [5.74, 6) is 0.284. The first-order valence-electron chi connectivity index (χ1n) is 9.90. The molecule has 2 N–H and O–H groups in total. The highest BCUT2D eigenvalue weighted by molar-refractivity contribution is 6.31. The van der Waals surface area contributed by atoms with Gasteiger partial charge in [-0.1, -0.05) is 29.8 Å². The fraction of sp³-hybridized carbons (Fsp3) is 0.174. The standard InChI is InChI=1S/C23H19ClN6O2/c1-13(2)32-21-15(10-25)12-26-18-8-7-16(28-20(18)21)9-19-22(31)30-23(29-19)27-11-14-5-3-4-6-17(14)24/h3-9,12-13H,11H2,1-2H3,(H2,27,29,30,31). The average Bonchev–Trinajstić information content (AvgIpc) is 3.12. The molecule has 0 aliphatic carbocycles. The van der Waals surface area contributed by atoms with Gasteiger partial charge in [0, 0.05) is 17.8 Å². The van der Waals surface area contributed by atoms with E-state index in [1.54, 1.807) is 24.3 Å². The Kier molecular flexibility index (Phi) is 6.01. The summed E-state index contributed by atoms with van der Waals surface area (Å²) in [7, 11) is 0. The van der Waals surface area contributed by atoms with Crippen LogP contribution in [0, 0.1) is 11.3 Å². The highest BCUT2D eigenvalue weighted by Gasteiger charge is 2.20. The van der Waals surface area contributed by atoms with Crippen molar-refractivity contribution >= 4 is 40.6 Å². The smallest absolute Gasteiger partial charge is 0.296 e. The second-order valence-corrected chi connectivity index (χ2v) is 7.68. The van der Waals surface area contributed by atoms with E-state index >= 15 is 0 Å². The lowest BCUT2D eigenvalue weighted by atomic mass is 10.2. The average molecular weight is 447 g/mol. The predicted molar refractivity (Wildman–Crippen MR) is 122 cm³/mol. The Balaban J connectivity index is 1.57. The first-order chi connectivity index (χ1) is 15.4. The van der Waals surface area contributed by atoms with Crippen LogP contribution >= 0.6 is 11.6 Å². The molecule has 8 nitrogen and oxygen atoms in total. The van der Waals surface area contributed by atoms with Crippen molar-refractivity contribution < 1.29 is 9.53 Å². The molecule has 32 heavy (non-hydrogen) atoms. The maximum absolute atomic E-state index is 12.4. The fourth-order valence-electron chi connectivity index (χ4n) is 3.09. The van der Waals surface area contributed by atoms with Crippen LogP contribution in [0.3, 0.4) is 0 Å². The Labute approximate surface area is 189 Å². The number of aliphatic imine (C=N–C) groups is 1. The van der Waals surface area contributed by atoms with Gasteiger partial charge in [-0.25, -0.2) is 4.98 Å². The van der Waals surface area contributed by atoms with Crippen molar-refractivity contribution in [3.8, 4) is 11.8 Å². The molecule has 0 unspecified atom stereocenters. The number of pyridine rings is 2. The molecule has 1 amide bonds. The molecule has 1 aromatic carbocycles. The zero-order chi connectivity index (χ0) is 22.7. The molecule has 1 aliphatic heterocycles. The van der Waals surface area contributed by atoms with E-state index in [9.17, 15) is 10.1 Å². The highest BCUT2D eigenvalue weighted by Crippen LogP contribution is 2.28. The van der Waals surface area contributed by atoms with Crippen LogP contribution in [-0.4, -0.2) is 27.9 Å². The first-order valence-corrected chi connectivity index (χ1v) is 10.3. The molecule has 4 rings (SSSR count). The van der Waals surface area contributed by atoms with Gasteiger partial charge in [-0.2, -0.15) is 10.3 Å². The molecule has 9 heteroatoms. The summed E-state index contributed by atoms with van der Waals surface area (Å²) in [6.45, 7) is 4.16. The highest BCUT2D eigenvalue weighted by atomic mass is 35.5. The first kappa shape index (κ1) is 21.3. The number of hydrogen-bond acceptors (Lipinski definition) is 7. The van der Waals surface area contributed by atoms with Crippen molar-refractivity contribution in [2.24, 2.45) is 4.99 Å². The Morgan fingerprint density at radius 2 is 2.09 bits per heavy atom. The number of carbonyl (C=O) groups excluding carboxylic acids is 1. The van der Waals surface area contributed by atoms with Gasteiger partial charge in [-0.05, 0) is 43.7 Å². The number of fused-ring (bicyclic) bond motifs is 1. The summed E-state index contributed by atoms with van der Waals surface area (Å²) < 4.78 is 5.82. The second kappa shape index (κ2) is 9.04. The largest absolute Gasteiger partial charge is 0.487 e. The summed E-state index contributed by atoms with van der Waals surface area (Å²) >= 11 is 6.17. The van der Waals surface area contributed by atoms with Crippen molar-refractivity contribution in [1.29, 1.82) is 5.26 Å². The summed E-state index contributed by atoms with van der Waals surface area (Å²) in [4.78, 5) is 25.2. The van der Waals surface area contributed by atoms with Crippen LogP contribution in [0.25, 0.3) is 17.1 Å². The van der Waals surface area contributed by atoms with Gasteiger partial charge in [0.25, 0.3) is 5.91 Å². The lowest BCUT2D eigenvalue weighted by Crippen LogP contribution is -2.32. The van der Waals surface area contributed by atoms with Gasteiger partial charge < -0.3 is 15.4 Å². The van der Waals surface area contributed by atoms with Gasteiger partial charge in [0.15, 0.2) is 5.75 Å². The van der Waals surface area contributed by atoms with Crippen LogP contribution < -0.4 is 15.4 Å². The van der Waals surface area contributed by atoms with Crippen molar-refractivity contribution in [1.82, 2.24) is 20.6 Å². The molecule has 0 spiro atoms. The number of nitrogens with zero attached hydrogens (tertiary/aromatic N) is 4. The quantitative estimate of drug-likeness (QED) is 0.576. The van der Waals surface area contributed by atoms with E-state index in [1.165, 1.54) is 6.20 Å². The lowest BCUT2D eigenvalue weighted by molar-refractivity contribution is -0.114. The van der Waals surface area contributed by atoms with Crippen molar-refractivity contribution in [2.75, 3.05) is 0 Å². The zero-order valence-electron chi connectivity index (χ0n) is 17.4. The number of carbonyl (C=O) groups is 1. The molecule has 160 valence electrons. The van der Waals surface area contributed by atoms with Crippen LogP contribution in [0.4, 0.5) is 0 Å². The Hall–Kier alpha value is -3.96. The normalized spacial score (nSPS) is 14.4. The SMILES string of the molecule is CC(C)Oc1c(C#N)cnc2ccc(C=C3NC(NCc4ccccc4Cl)=NC3=O)nc12. The summed E-state index contributed by atoms with van der Waals surface area (Å²) in [5, 5.41) is 16.1. The molecule has 3 aromatic rings. The minimum Gasteiger partial charge on any atom is -0.487 e. The molecule has 0 radical (unpaired) electrons. The van der Waals surface area contributed by atoms with Crippen LogP contribution in [0.5, 0.6) is 5.75 Å². The molecule has 0 saturated carbocycles. The number of halogens is 1. The molecule has 0 fully saturated rings. The van der Waals surface area contributed by atoms with E-state index in [4.69, 9.17) is 16.3 Å². The van der Waals surface area contributed by atoms with Gasteiger partial charge in [0.1, 0.15) is 22.8 Å². The Morgan fingerprint density at radius 3 is 2.84 bits per heavy atom. The fourth-order valence-corrected chi connectivity index (χ4v) is 3.30. The van der Waals surface area contributed by atoms with Crippen LogP contribution in [0.15, 0.2) is 53.3 Å². The molecular formula is C23H19ClN6O2. The zero-order valence-corrected chi connectivity index (χ0v) is 18.1. The number of ether oxygens (including phenoxy) is 1. The predicted octanol–water partition coefficient (Wildman–Crippen LogP) is 3.56. The molecule has 0 saturated heterocycles. The third-order valence-electron chi connectivity index (χ3n) is 4.56. The van der Waals surface area contributed by atoms with E-state index in [0.717, 1.165) is 5.56 Å². The number of hydrogen-bond donors (Lipinski definition) is 2. The topological polar surface area (TPSA) is 112 Å². The summed E-state index contributed by atoms with van der Waals surface area (Å²) in [6, 6.07) is 13.0. The third kappa shape index (κ3) is 4.53. The monoisotopic (exact) mass is 446 g/mol. The van der Waals surface area contributed by atoms with E-state index in [1.807, 2.05) is 32.0 Å². The van der Waals surface area contributed by atoms with Crippen LogP contribution in [0.2, 0.25) is 5.02 Å². The van der Waals surface area contributed by atoms with Gasteiger partial charge >= 0.3 is 0 Å². The van der Waals surface area contributed by atoms with Crippen molar-refractivity contribution in [3.05, 3.63) is 70.1 Å². The van der Waals surface area contributed by atoms with Gasteiger partial charge in [0.05, 0.1) is 17.3 Å². The molecule has 3 heterocycles. The number of amides is 1. The van der Waals surface area contributed by atoms with E-state index < -0.39 is 5.91 Å². The van der Waals surface area contributed by atoms with E-state index in [-0.39, 0.29) is 11.8 Å². The number of benzene rings is 1. The minimum atomic E-state index is -0.420. The second-order valence-electron chi connectivity index (χ2n) is 7.28. The van der Waals surface area contributed by atoms with Crippen molar-refractivity contribution in [2.45, 2.75) is 26.5 Å². The molecule has 0 atom stereocenters. The maximum Gasteiger partial charge on any atom is 0.296 e. The molecular weight excluding hydrogens is 428 g/mol. The number of rotatable bonds is 5. The Morgan fingerprint density at radius 1 is 1.28 bits per heavy atom. The van der Waals surface area contributed by atoms with E-state index in [0.29, 0.717) is 45.6 Å². The summed E-state index contributed by atoms with van der Waals surface area (Å²) in [6.07, 6.45) is 2.91. The number of guanidine groups is 1. The van der Waals surface area contributed by atoms with Gasteiger partial charge in [0.2, 0.25) is 5.96 Å². The maximum atomic E-state index is 12.4. The molecule has 1 aliphatic rings. The number of nitriles is 1. The minimum absolute atomic E-state index is 0.144. The molecule has 0 bridgehead atoms. The molecule has 2 aromatic heterocycles.